The van der Waals surface area contributed by atoms with E-state index in [0.29, 0.717) is 23.6 Å². The highest BCUT2D eigenvalue weighted by Crippen LogP contribution is 2.23. The van der Waals surface area contributed by atoms with E-state index in [2.05, 4.69) is 29.2 Å². The fourth-order valence-corrected chi connectivity index (χ4v) is 6.02. The van der Waals surface area contributed by atoms with Crippen molar-refractivity contribution in [1.82, 2.24) is 19.2 Å². The summed E-state index contributed by atoms with van der Waals surface area (Å²) in [6.07, 6.45) is 2.45. The molecule has 140 valence electrons. The lowest BCUT2D eigenvalue weighted by Gasteiger charge is -2.28. The Morgan fingerprint density at radius 2 is 2.04 bits per heavy atom. The van der Waals surface area contributed by atoms with Crippen molar-refractivity contribution < 1.29 is 8.42 Å². The van der Waals surface area contributed by atoms with Crippen LogP contribution in [0.3, 0.4) is 0 Å². The minimum atomic E-state index is -2.86. The first kappa shape index (κ1) is 17.9. The third kappa shape index (κ3) is 3.63. The van der Waals surface area contributed by atoms with Gasteiger partial charge in [-0.05, 0) is 42.1 Å². The molecule has 2 aromatic rings. The molecule has 6 nitrogen and oxygen atoms in total. The zero-order chi connectivity index (χ0) is 18.3. The Kier molecular flexibility index (Phi) is 4.75. The smallest absolute Gasteiger partial charge is 0.198 e. The Morgan fingerprint density at radius 1 is 1.27 bits per heavy atom. The summed E-state index contributed by atoms with van der Waals surface area (Å²) in [4.78, 5) is 2.36. The molecule has 1 aromatic heterocycles. The van der Waals surface area contributed by atoms with Crippen molar-refractivity contribution in [2.24, 2.45) is 13.0 Å². The van der Waals surface area contributed by atoms with Crippen LogP contribution >= 0.6 is 12.2 Å². The van der Waals surface area contributed by atoms with Crippen molar-refractivity contribution in [3.8, 4) is 0 Å². The number of sulfone groups is 1. The van der Waals surface area contributed by atoms with E-state index in [9.17, 15) is 8.42 Å². The fourth-order valence-electron chi connectivity index (χ4n) is 3.96. The quantitative estimate of drug-likeness (QED) is 0.745. The molecule has 0 saturated carbocycles. The van der Waals surface area contributed by atoms with Crippen molar-refractivity contribution in [3.63, 3.8) is 0 Å². The zero-order valence-electron chi connectivity index (χ0n) is 15.0. The van der Waals surface area contributed by atoms with Gasteiger partial charge in [-0.15, -0.1) is 0 Å². The number of hydrogen-bond acceptors (Lipinski definition) is 5. The van der Waals surface area contributed by atoms with Gasteiger partial charge < -0.3 is 4.57 Å². The van der Waals surface area contributed by atoms with E-state index in [1.165, 1.54) is 11.1 Å². The fraction of sp³-hybridized carbons (Fsp3) is 0.556. The molecule has 4 rings (SSSR count). The van der Waals surface area contributed by atoms with E-state index in [4.69, 9.17) is 17.3 Å². The number of aromatic nitrogens is 3. The first-order chi connectivity index (χ1) is 12.4. The van der Waals surface area contributed by atoms with Crippen molar-refractivity contribution in [2.45, 2.75) is 32.5 Å². The Balaban J connectivity index is 1.47. The van der Waals surface area contributed by atoms with Crippen molar-refractivity contribution >= 4 is 22.1 Å². The first-order valence-corrected chi connectivity index (χ1v) is 11.3. The molecule has 0 spiro atoms. The molecule has 3 heterocycles. The van der Waals surface area contributed by atoms with Gasteiger partial charge in [0.2, 0.25) is 0 Å². The van der Waals surface area contributed by atoms with Gasteiger partial charge in [-0.2, -0.15) is 5.10 Å². The summed E-state index contributed by atoms with van der Waals surface area (Å²) in [5.41, 5.74) is 2.80. The second-order valence-corrected chi connectivity index (χ2v) is 10.0. The Morgan fingerprint density at radius 3 is 2.77 bits per heavy atom. The summed E-state index contributed by atoms with van der Waals surface area (Å²) >= 11 is 5.56. The third-order valence-electron chi connectivity index (χ3n) is 5.47. The van der Waals surface area contributed by atoms with Crippen LogP contribution in [0, 0.1) is 10.7 Å². The van der Waals surface area contributed by atoms with Crippen molar-refractivity contribution in [1.29, 1.82) is 0 Å². The van der Waals surface area contributed by atoms with Gasteiger partial charge in [0.15, 0.2) is 14.6 Å². The molecule has 0 bridgehead atoms. The summed E-state index contributed by atoms with van der Waals surface area (Å²) in [5.74, 6) is 1.62. The molecule has 2 aliphatic heterocycles. The minimum Gasteiger partial charge on any atom is -0.307 e. The second-order valence-electron chi connectivity index (χ2n) is 7.44. The number of fused-ring (bicyclic) bond motifs is 1. The monoisotopic (exact) mass is 392 g/mol. The highest BCUT2D eigenvalue weighted by molar-refractivity contribution is 7.91. The SMILES string of the molecule is Cn1c(C[C@@H]2CCS(=O)(=O)C2)nn(CN2CCc3ccccc3C2)c1=S. The van der Waals surface area contributed by atoms with Crippen LogP contribution in [0.5, 0.6) is 0 Å². The van der Waals surface area contributed by atoms with Crippen LogP contribution < -0.4 is 0 Å². The van der Waals surface area contributed by atoms with Gasteiger partial charge in [0.25, 0.3) is 0 Å². The summed E-state index contributed by atoms with van der Waals surface area (Å²) < 4.78 is 27.9. The number of nitrogens with zero attached hydrogens (tertiary/aromatic N) is 4. The lowest BCUT2D eigenvalue weighted by molar-refractivity contribution is 0.187. The van der Waals surface area contributed by atoms with Gasteiger partial charge in [0.05, 0.1) is 18.2 Å². The van der Waals surface area contributed by atoms with Crippen LogP contribution in [-0.4, -0.2) is 45.7 Å². The Bertz CT molecular complexity index is 977. The molecular formula is C18H24N4O2S2. The van der Waals surface area contributed by atoms with Gasteiger partial charge in [-0.3, -0.25) is 4.90 Å². The molecule has 0 amide bonds. The summed E-state index contributed by atoms with van der Waals surface area (Å²) in [6.45, 7) is 2.57. The molecule has 0 aliphatic carbocycles. The van der Waals surface area contributed by atoms with Crippen LogP contribution in [0.2, 0.25) is 0 Å². The van der Waals surface area contributed by atoms with E-state index in [-0.39, 0.29) is 11.7 Å². The third-order valence-corrected chi connectivity index (χ3v) is 7.79. The van der Waals surface area contributed by atoms with Crippen molar-refractivity contribution in [3.05, 3.63) is 46.0 Å². The normalized spacial score (nSPS) is 22.4. The maximum Gasteiger partial charge on any atom is 0.198 e. The topological polar surface area (TPSA) is 60.1 Å². The van der Waals surface area contributed by atoms with Crippen LogP contribution in [0.25, 0.3) is 0 Å². The van der Waals surface area contributed by atoms with Gasteiger partial charge in [0.1, 0.15) is 5.82 Å². The molecule has 1 atom stereocenters. The molecule has 8 heteroatoms. The van der Waals surface area contributed by atoms with Gasteiger partial charge in [-0.25, -0.2) is 13.1 Å². The molecule has 1 aromatic carbocycles. The van der Waals surface area contributed by atoms with Crippen LogP contribution in [0.1, 0.15) is 23.4 Å². The molecule has 2 aliphatic rings. The van der Waals surface area contributed by atoms with Crippen molar-refractivity contribution in [2.75, 3.05) is 18.1 Å². The number of rotatable bonds is 4. The van der Waals surface area contributed by atoms with Gasteiger partial charge >= 0.3 is 0 Å². The molecule has 0 unspecified atom stereocenters. The number of hydrogen-bond donors (Lipinski definition) is 0. The van der Waals surface area contributed by atoms with E-state index in [1.807, 2.05) is 16.3 Å². The largest absolute Gasteiger partial charge is 0.307 e. The van der Waals surface area contributed by atoms with Gasteiger partial charge in [0, 0.05) is 26.6 Å². The lowest BCUT2D eigenvalue weighted by atomic mass is 10.0. The second kappa shape index (κ2) is 6.90. The van der Waals surface area contributed by atoms with Crippen LogP contribution in [0.15, 0.2) is 24.3 Å². The standard InChI is InChI=1S/C18H24N4O2S2/c1-20-17(10-14-7-9-26(23,24)12-14)19-22(18(20)25)13-21-8-6-15-4-2-3-5-16(15)11-21/h2-5,14H,6-13H2,1H3/t14-/m0/s1. The average Bonchev–Trinajstić information content (AvgIpc) is 3.09. The first-order valence-electron chi connectivity index (χ1n) is 9.03. The van der Waals surface area contributed by atoms with Crippen LogP contribution in [-0.2, 0) is 42.9 Å². The molecule has 1 fully saturated rings. The van der Waals surface area contributed by atoms with E-state index < -0.39 is 9.84 Å². The predicted octanol–water partition coefficient (Wildman–Crippen LogP) is 1.94. The van der Waals surface area contributed by atoms with E-state index in [1.54, 1.807) is 0 Å². The molecule has 0 N–H and O–H groups in total. The van der Waals surface area contributed by atoms with Gasteiger partial charge in [-0.1, -0.05) is 24.3 Å². The molecule has 0 radical (unpaired) electrons. The minimum absolute atomic E-state index is 0.158. The summed E-state index contributed by atoms with van der Waals surface area (Å²) in [6, 6.07) is 8.57. The van der Waals surface area contributed by atoms with E-state index in [0.717, 1.165) is 31.8 Å². The zero-order valence-corrected chi connectivity index (χ0v) is 16.6. The Hall–Kier alpha value is -1.51. The summed E-state index contributed by atoms with van der Waals surface area (Å²) in [7, 11) is -0.934. The molecular weight excluding hydrogens is 368 g/mol. The van der Waals surface area contributed by atoms with Crippen LogP contribution in [0.4, 0.5) is 0 Å². The predicted molar refractivity (Wildman–Crippen MR) is 103 cm³/mol. The molecule has 1 saturated heterocycles. The lowest BCUT2D eigenvalue weighted by Crippen LogP contribution is -2.32. The average molecular weight is 393 g/mol. The highest BCUT2D eigenvalue weighted by atomic mass is 32.2. The summed E-state index contributed by atoms with van der Waals surface area (Å²) in [5, 5.41) is 4.71. The highest BCUT2D eigenvalue weighted by Gasteiger charge is 2.29. The number of benzene rings is 1. The maximum atomic E-state index is 11.7. The Labute approximate surface area is 159 Å². The molecule has 26 heavy (non-hydrogen) atoms. The maximum absolute atomic E-state index is 11.7. The van der Waals surface area contributed by atoms with E-state index >= 15 is 0 Å².